The maximum atomic E-state index is 12.9. The van der Waals surface area contributed by atoms with Crippen LogP contribution >= 0.6 is 0 Å². The van der Waals surface area contributed by atoms with E-state index in [-0.39, 0.29) is 23.3 Å². The molecule has 0 aromatic heterocycles. The molecule has 1 unspecified atom stereocenters. The Hall–Kier alpha value is -2.23. The van der Waals surface area contributed by atoms with Crippen LogP contribution in [0.15, 0.2) is 58.3 Å². The fraction of sp³-hybridized carbons (Fsp3) is 0.458. The van der Waals surface area contributed by atoms with Crippen LogP contribution in [0, 0.1) is 0 Å². The first-order valence-electron chi connectivity index (χ1n) is 11.3. The standard InChI is InChI=1S/C24H32N2O5S2/c1-19(21-10-14-22(15-11-21)32(2,28)29)25-24(27)16-9-20-7-12-23(13-8-20)33(30,31)26-17-5-3-4-6-18-26/h7-8,10-15,19H,3-6,9,16-18H2,1-2H3,(H,25,27). The van der Waals surface area contributed by atoms with Crippen LogP contribution in [-0.4, -0.2) is 46.4 Å². The fourth-order valence-electron chi connectivity index (χ4n) is 3.92. The maximum absolute atomic E-state index is 12.9. The molecule has 0 saturated carbocycles. The second kappa shape index (κ2) is 10.8. The third-order valence-electron chi connectivity index (χ3n) is 5.95. The molecule has 0 bridgehead atoms. The smallest absolute Gasteiger partial charge is 0.243 e. The summed E-state index contributed by atoms with van der Waals surface area (Å²) in [5.74, 6) is -0.129. The van der Waals surface area contributed by atoms with Gasteiger partial charge in [-0.25, -0.2) is 16.8 Å². The number of benzene rings is 2. The number of sulfone groups is 1. The number of rotatable bonds is 8. The van der Waals surface area contributed by atoms with Gasteiger partial charge >= 0.3 is 0 Å². The van der Waals surface area contributed by atoms with Crippen LogP contribution in [-0.2, 0) is 31.1 Å². The van der Waals surface area contributed by atoms with E-state index in [0.717, 1.165) is 43.1 Å². The SMILES string of the molecule is CC(NC(=O)CCc1ccc(S(=O)(=O)N2CCCCCC2)cc1)c1ccc(S(C)(=O)=O)cc1. The second-order valence-corrected chi connectivity index (χ2v) is 12.5. The number of hydrogen-bond donors (Lipinski definition) is 1. The molecule has 2 aromatic carbocycles. The summed E-state index contributed by atoms with van der Waals surface area (Å²) in [5.41, 5.74) is 1.71. The second-order valence-electron chi connectivity index (χ2n) is 8.59. The quantitative estimate of drug-likeness (QED) is 0.608. The molecule has 1 aliphatic heterocycles. The van der Waals surface area contributed by atoms with Crippen molar-refractivity contribution < 1.29 is 21.6 Å². The first-order valence-corrected chi connectivity index (χ1v) is 14.6. The number of amides is 1. The molecule has 0 aliphatic carbocycles. The lowest BCUT2D eigenvalue weighted by Crippen LogP contribution is -2.31. The van der Waals surface area contributed by atoms with E-state index in [1.165, 1.54) is 12.1 Å². The Labute approximate surface area is 197 Å². The summed E-state index contributed by atoms with van der Waals surface area (Å²) in [6.07, 6.45) is 5.85. The van der Waals surface area contributed by atoms with Crippen molar-refractivity contribution in [1.29, 1.82) is 0 Å². The Morgan fingerprint density at radius 3 is 1.97 bits per heavy atom. The molecule has 0 radical (unpaired) electrons. The van der Waals surface area contributed by atoms with Gasteiger partial charge in [0.05, 0.1) is 15.8 Å². The van der Waals surface area contributed by atoms with Gasteiger partial charge in [0.2, 0.25) is 15.9 Å². The van der Waals surface area contributed by atoms with Crippen LogP contribution in [0.1, 0.15) is 56.2 Å². The highest BCUT2D eigenvalue weighted by molar-refractivity contribution is 7.90. The van der Waals surface area contributed by atoms with Crippen LogP contribution in [0.5, 0.6) is 0 Å². The lowest BCUT2D eigenvalue weighted by atomic mass is 10.1. The van der Waals surface area contributed by atoms with Crippen molar-refractivity contribution in [3.8, 4) is 0 Å². The molecule has 1 heterocycles. The minimum atomic E-state index is -3.48. The molecule has 1 fully saturated rings. The van der Waals surface area contributed by atoms with Crippen molar-refractivity contribution in [1.82, 2.24) is 9.62 Å². The van der Waals surface area contributed by atoms with E-state index in [4.69, 9.17) is 0 Å². The van der Waals surface area contributed by atoms with Gasteiger partial charge < -0.3 is 5.32 Å². The van der Waals surface area contributed by atoms with Crippen LogP contribution < -0.4 is 5.32 Å². The Kier molecular flexibility index (Phi) is 8.31. The summed E-state index contributed by atoms with van der Waals surface area (Å²) in [6, 6.07) is 13.0. The Morgan fingerprint density at radius 2 is 1.42 bits per heavy atom. The molecule has 1 atom stereocenters. The lowest BCUT2D eigenvalue weighted by molar-refractivity contribution is -0.121. The molecule has 1 N–H and O–H groups in total. The molecule has 3 rings (SSSR count). The van der Waals surface area contributed by atoms with E-state index in [1.807, 2.05) is 6.92 Å². The Morgan fingerprint density at radius 1 is 0.879 bits per heavy atom. The number of nitrogens with one attached hydrogen (secondary N) is 1. The monoisotopic (exact) mass is 492 g/mol. The summed E-state index contributed by atoms with van der Waals surface area (Å²) >= 11 is 0. The third-order valence-corrected chi connectivity index (χ3v) is 8.99. The lowest BCUT2D eigenvalue weighted by Gasteiger charge is -2.20. The molecule has 1 saturated heterocycles. The largest absolute Gasteiger partial charge is 0.350 e. The molecule has 1 aliphatic rings. The van der Waals surface area contributed by atoms with E-state index in [9.17, 15) is 21.6 Å². The molecule has 7 nitrogen and oxygen atoms in total. The molecular weight excluding hydrogens is 460 g/mol. The normalized spacial score (nSPS) is 16.7. The van der Waals surface area contributed by atoms with Gasteiger partial charge in [0, 0.05) is 25.8 Å². The van der Waals surface area contributed by atoms with E-state index >= 15 is 0 Å². The van der Waals surface area contributed by atoms with Crippen molar-refractivity contribution in [2.75, 3.05) is 19.3 Å². The van der Waals surface area contributed by atoms with E-state index < -0.39 is 19.9 Å². The van der Waals surface area contributed by atoms with Gasteiger partial charge in [-0.2, -0.15) is 4.31 Å². The van der Waals surface area contributed by atoms with Gasteiger partial charge in [-0.3, -0.25) is 4.79 Å². The van der Waals surface area contributed by atoms with Crippen molar-refractivity contribution in [2.24, 2.45) is 0 Å². The molecule has 180 valence electrons. The topological polar surface area (TPSA) is 101 Å². The number of aryl methyl sites for hydroxylation is 1. The average molecular weight is 493 g/mol. The third kappa shape index (κ3) is 6.88. The van der Waals surface area contributed by atoms with Crippen molar-refractivity contribution >= 4 is 25.8 Å². The fourth-order valence-corrected chi connectivity index (χ4v) is 6.07. The van der Waals surface area contributed by atoms with Crippen molar-refractivity contribution in [3.63, 3.8) is 0 Å². The van der Waals surface area contributed by atoms with Crippen LogP contribution in [0.4, 0.5) is 0 Å². The highest BCUT2D eigenvalue weighted by Crippen LogP contribution is 2.21. The van der Waals surface area contributed by atoms with Crippen LogP contribution in [0.2, 0.25) is 0 Å². The van der Waals surface area contributed by atoms with Crippen LogP contribution in [0.25, 0.3) is 0 Å². The summed E-state index contributed by atoms with van der Waals surface area (Å²) in [4.78, 5) is 12.9. The van der Waals surface area contributed by atoms with Gasteiger partial charge in [-0.1, -0.05) is 37.1 Å². The van der Waals surface area contributed by atoms with Gasteiger partial charge in [-0.05, 0) is 61.6 Å². The molecule has 1 amide bonds. The van der Waals surface area contributed by atoms with Gasteiger partial charge in [-0.15, -0.1) is 0 Å². The summed E-state index contributed by atoms with van der Waals surface area (Å²) in [7, 11) is -6.73. The van der Waals surface area contributed by atoms with Crippen molar-refractivity contribution in [3.05, 3.63) is 59.7 Å². The van der Waals surface area contributed by atoms with Crippen LogP contribution in [0.3, 0.4) is 0 Å². The summed E-state index contributed by atoms with van der Waals surface area (Å²) in [5, 5.41) is 2.92. The zero-order valence-corrected chi connectivity index (χ0v) is 20.8. The first kappa shape index (κ1) is 25.4. The number of carbonyl (C=O) groups is 1. The van der Waals surface area contributed by atoms with E-state index in [0.29, 0.717) is 24.4 Å². The van der Waals surface area contributed by atoms with E-state index in [2.05, 4.69) is 5.32 Å². The highest BCUT2D eigenvalue weighted by Gasteiger charge is 2.25. The molecular formula is C24H32N2O5S2. The molecule has 2 aromatic rings. The summed E-state index contributed by atoms with van der Waals surface area (Å²) in [6.45, 7) is 2.98. The molecule has 9 heteroatoms. The zero-order valence-electron chi connectivity index (χ0n) is 19.2. The van der Waals surface area contributed by atoms with Gasteiger partial charge in [0.15, 0.2) is 9.84 Å². The Bertz CT molecular complexity index is 1150. The number of sulfonamides is 1. The van der Waals surface area contributed by atoms with Gasteiger partial charge in [0.25, 0.3) is 0 Å². The minimum absolute atomic E-state index is 0.129. The number of nitrogens with zero attached hydrogens (tertiary/aromatic N) is 1. The van der Waals surface area contributed by atoms with E-state index in [1.54, 1.807) is 40.7 Å². The predicted molar refractivity (Wildman–Crippen MR) is 128 cm³/mol. The predicted octanol–water partition coefficient (Wildman–Crippen LogP) is 3.46. The zero-order chi connectivity index (χ0) is 24.1. The maximum Gasteiger partial charge on any atom is 0.243 e. The average Bonchev–Trinajstić information content (AvgIpc) is 3.08. The van der Waals surface area contributed by atoms with Gasteiger partial charge in [0.1, 0.15) is 0 Å². The highest BCUT2D eigenvalue weighted by atomic mass is 32.2. The number of hydrogen-bond acceptors (Lipinski definition) is 5. The minimum Gasteiger partial charge on any atom is -0.350 e. The Balaban J connectivity index is 1.54. The molecule has 0 spiro atoms. The van der Waals surface area contributed by atoms with Crippen molar-refractivity contribution in [2.45, 2.75) is 61.3 Å². The molecule has 33 heavy (non-hydrogen) atoms. The first-order chi connectivity index (χ1) is 15.6. The number of carbonyl (C=O) groups excluding carboxylic acids is 1. The summed E-state index contributed by atoms with van der Waals surface area (Å²) < 4.78 is 50.5.